The summed E-state index contributed by atoms with van der Waals surface area (Å²) in [5.41, 5.74) is 2.15. The predicted octanol–water partition coefficient (Wildman–Crippen LogP) is 2.12. The van der Waals surface area contributed by atoms with E-state index in [-0.39, 0.29) is 5.69 Å². The van der Waals surface area contributed by atoms with E-state index in [0.717, 1.165) is 5.52 Å². The highest BCUT2D eigenvalue weighted by Gasteiger charge is 2.14. The van der Waals surface area contributed by atoms with Crippen LogP contribution in [0.5, 0.6) is 5.75 Å². The molecular formula is C13H14N2O3. The van der Waals surface area contributed by atoms with E-state index >= 15 is 0 Å². The Labute approximate surface area is 105 Å². The molecule has 0 saturated heterocycles. The Morgan fingerprint density at radius 2 is 2.06 bits per heavy atom. The number of nitrogens with zero attached hydrogens (tertiary/aromatic N) is 2. The van der Waals surface area contributed by atoms with E-state index in [4.69, 9.17) is 9.47 Å². The van der Waals surface area contributed by atoms with Gasteiger partial charge < -0.3 is 9.47 Å². The van der Waals surface area contributed by atoms with Crippen molar-refractivity contribution in [2.24, 2.45) is 0 Å². The SMILES string of the molecule is CCOC(=O)c1nc2cc(OC)ccc2nc1C. The van der Waals surface area contributed by atoms with Crippen molar-refractivity contribution in [3.8, 4) is 5.75 Å². The minimum atomic E-state index is -0.452. The van der Waals surface area contributed by atoms with E-state index in [0.29, 0.717) is 23.6 Å². The zero-order valence-electron chi connectivity index (χ0n) is 10.6. The van der Waals surface area contributed by atoms with Gasteiger partial charge in [-0.2, -0.15) is 0 Å². The van der Waals surface area contributed by atoms with E-state index in [9.17, 15) is 4.79 Å². The molecule has 0 aliphatic heterocycles. The summed E-state index contributed by atoms with van der Waals surface area (Å²) in [6.07, 6.45) is 0. The van der Waals surface area contributed by atoms with Crippen LogP contribution < -0.4 is 4.74 Å². The summed E-state index contributed by atoms with van der Waals surface area (Å²) in [5.74, 6) is 0.225. The topological polar surface area (TPSA) is 61.3 Å². The average Bonchev–Trinajstić information content (AvgIpc) is 2.37. The highest BCUT2D eigenvalue weighted by molar-refractivity contribution is 5.91. The van der Waals surface area contributed by atoms with Gasteiger partial charge >= 0.3 is 5.97 Å². The van der Waals surface area contributed by atoms with Gasteiger partial charge in [0, 0.05) is 6.07 Å². The predicted molar refractivity (Wildman–Crippen MR) is 66.8 cm³/mol. The van der Waals surface area contributed by atoms with Gasteiger partial charge in [-0.15, -0.1) is 0 Å². The molecule has 1 aromatic carbocycles. The van der Waals surface area contributed by atoms with Gasteiger partial charge in [-0.05, 0) is 26.0 Å². The maximum absolute atomic E-state index is 11.7. The van der Waals surface area contributed by atoms with Crippen LogP contribution in [0.2, 0.25) is 0 Å². The molecule has 0 N–H and O–H groups in total. The first-order chi connectivity index (χ1) is 8.65. The smallest absolute Gasteiger partial charge is 0.358 e. The summed E-state index contributed by atoms with van der Waals surface area (Å²) in [5, 5.41) is 0. The number of esters is 1. The molecule has 0 spiro atoms. The lowest BCUT2D eigenvalue weighted by molar-refractivity contribution is 0.0518. The van der Waals surface area contributed by atoms with Crippen molar-refractivity contribution >= 4 is 17.0 Å². The molecule has 0 aliphatic rings. The van der Waals surface area contributed by atoms with Crippen LogP contribution in [-0.4, -0.2) is 29.7 Å². The molecule has 94 valence electrons. The molecule has 0 radical (unpaired) electrons. The average molecular weight is 246 g/mol. The molecule has 0 bridgehead atoms. The van der Waals surface area contributed by atoms with Crippen molar-refractivity contribution in [2.45, 2.75) is 13.8 Å². The minimum absolute atomic E-state index is 0.248. The van der Waals surface area contributed by atoms with Gasteiger partial charge in [0.15, 0.2) is 5.69 Å². The largest absolute Gasteiger partial charge is 0.497 e. The van der Waals surface area contributed by atoms with Crippen LogP contribution in [0.25, 0.3) is 11.0 Å². The van der Waals surface area contributed by atoms with E-state index in [2.05, 4.69) is 9.97 Å². The van der Waals surface area contributed by atoms with Crippen molar-refractivity contribution in [3.63, 3.8) is 0 Å². The summed E-state index contributed by atoms with van der Waals surface area (Å²) in [6.45, 7) is 3.81. The van der Waals surface area contributed by atoms with Gasteiger partial charge in [0.25, 0.3) is 0 Å². The van der Waals surface area contributed by atoms with E-state index < -0.39 is 5.97 Å². The molecule has 2 rings (SSSR count). The Kier molecular flexibility index (Phi) is 3.41. The van der Waals surface area contributed by atoms with Crippen molar-refractivity contribution in [1.82, 2.24) is 9.97 Å². The fourth-order valence-electron chi connectivity index (χ4n) is 1.64. The molecule has 2 aromatic rings. The molecule has 0 atom stereocenters. The quantitative estimate of drug-likeness (QED) is 0.776. The van der Waals surface area contributed by atoms with Crippen LogP contribution in [0.15, 0.2) is 18.2 Å². The molecule has 1 aromatic heterocycles. The number of carbonyl (C=O) groups is 1. The van der Waals surface area contributed by atoms with E-state index in [1.165, 1.54) is 0 Å². The first kappa shape index (κ1) is 12.3. The number of fused-ring (bicyclic) bond motifs is 1. The Morgan fingerprint density at radius 1 is 1.28 bits per heavy atom. The number of hydrogen-bond acceptors (Lipinski definition) is 5. The number of hydrogen-bond donors (Lipinski definition) is 0. The monoisotopic (exact) mass is 246 g/mol. The molecule has 0 fully saturated rings. The molecule has 0 saturated carbocycles. The highest BCUT2D eigenvalue weighted by Crippen LogP contribution is 2.19. The second kappa shape index (κ2) is 5.00. The third-order valence-corrected chi connectivity index (χ3v) is 2.51. The molecule has 0 unspecified atom stereocenters. The van der Waals surface area contributed by atoms with Gasteiger partial charge in [-0.1, -0.05) is 0 Å². The van der Waals surface area contributed by atoms with Crippen LogP contribution in [-0.2, 0) is 4.74 Å². The lowest BCUT2D eigenvalue weighted by atomic mass is 10.2. The molecule has 0 aliphatic carbocycles. The van der Waals surface area contributed by atoms with Crippen LogP contribution in [0, 0.1) is 6.92 Å². The zero-order chi connectivity index (χ0) is 13.1. The Bertz CT molecular complexity index is 596. The molecule has 1 heterocycles. The lowest BCUT2D eigenvalue weighted by Crippen LogP contribution is -2.10. The highest BCUT2D eigenvalue weighted by atomic mass is 16.5. The Balaban J connectivity index is 2.54. The summed E-state index contributed by atoms with van der Waals surface area (Å²) < 4.78 is 10.1. The van der Waals surface area contributed by atoms with Gasteiger partial charge in [-0.25, -0.2) is 14.8 Å². The van der Waals surface area contributed by atoms with Gasteiger partial charge in [0.2, 0.25) is 0 Å². The molecule has 0 amide bonds. The van der Waals surface area contributed by atoms with Crippen molar-refractivity contribution in [1.29, 1.82) is 0 Å². The van der Waals surface area contributed by atoms with Crippen LogP contribution in [0.3, 0.4) is 0 Å². The lowest BCUT2D eigenvalue weighted by Gasteiger charge is -2.07. The number of carbonyl (C=O) groups excluding carboxylic acids is 1. The Morgan fingerprint density at radius 3 is 2.72 bits per heavy atom. The van der Waals surface area contributed by atoms with Gasteiger partial charge in [0.05, 0.1) is 30.4 Å². The molecule has 5 heteroatoms. The second-order valence-corrected chi connectivity index (χ2v) is 3.73. The number of ether oxygens (including phenoxy) is 2. The summed E-state index contributed by atoms with van der Waals surface area (Å²) in [7, 11) is 1.58. The number of rotatable bonds is 3. The Hall–Kier alpha value is -2.17. The van der Waals surface area contributed by atoms with Crippen LogP contribution in [0.1, 0.15) is 23.1 Å². The van der Waals surface area contributed by atoms with Crippen molar-refractivity contribution in [2.75, 3.05) is 13.7 Å². The third-order valence-electron chi connectivity index (χ3n) is 2.51. The van der Waals surface area contributed by atoms with E-state index in [1.54, 1.807) is 33.1 Å². The molecular weight excluding hydrogens is 232 g/mol. The van der Waals surface area contributed by atoms with E-state index in [1.807, 2.05) is 6.07 Å². The number of benzene rings is 1. The first-order valence-electron chi connectivity index (χ1n) is 5.65. The maximum Gasteiger partial charge on any atom is 0.358 e. The molecule has 18 heavy (non-hydrogen) atoms. The summed E-state index contributed by atoms with van der Waals surface area (Å²) >= 11 is 0. The number of methoxy groups -OCH3 is 1. The summed E-state index contributed by atoms with van der Waals surface area (Å²) in [4.78, 5) is 20.3. The van der Waals surface area contributed by atoms with Crippen LogP contribution in [0.4, 0.5) is 0 Å². The fraction of sp³-hybridized carbons (Fsp3) is 0.308. The van der Waals surface area contributed by atoms with Gasteiger partial charge in [0.1, 0.15) is 5.75 Å². The van der Waals surface area contributed by atoms with Crippen LogP contribution >= 0.6 is 0 Å². The zero-order valence-corrected chi connectivity index (χ0v) is 10.6. The first-order valence-corrected chi connectivity index (χ1v) is 5.65. The second-order valence-electron chi connectivity index (χ2n) is 3.73. The third kappa shape index (κ3) is 2.25. The standard InChI is InChI=1S/C13H14N2O3/c1-4-18-13(16)12-8(2)14-10-6-5-9(17-3)7-11(10)15-12/h5-7H,4H2,1-3H3. The number of aromatic nitrogens is 2. The molecule has 5 nitrogen and oxygen atoms in total. The normalized spacial score (nSPS) is 10.4. The minimum Gasteiger partial charge on any atom is -0.497 e. The fourth-order valence-corrected chi connectivity index (χ4v) is 1.64. The maximum atomic E-state index is 11.7. The van der Waals surface area contributed by atoms with Crippen molar-refractivity contribution in [3.05, 3.63) is 29.6 Å². The van der Waals surface area contributed by atoms with Gasteiger partial charge in [-0.3, -0.25) is 0 Å². The number of aryl methyl sites for hydroxylation is 1. The van der Waals surface area contributed by atoms with Crippen molar-refractivity contribution < 1.29 is 14.3 Å². The summed E-state index contributed by atoms with van der Waals surface area (Å²) in [6, 6.07) is 5.36.